The number of methoxy groups -OCH3 is 1. The lowest BCUT2D eigenvalue weighted by molar-refractivity contribution is -0.140. The largest absolute Gasteiger partial charge is 0.469 e. The zero-order chi connectivity index (χ0) is 14.6. The topological polar surface area (TPSA) is 38.7 Å². The molecule has 0 N–H and O–H groups in total. The van der Waals surface area contributed by atoms with Crippen LogP contribution in [0.3, 0.4) is 0 Å². The van der Waals surface area contributed by atoms with Crippen molar-refractivity contribution in [1.82, 2.24) is 0 Å². The van der Waals surface area contributed by atoms with Crippen LogP contribution in [0.1, 0.15) is 44.9 Å². The zero-order valence-electron chi connectivity index (χ0n) is 12.0. The van der Waals surface area contributed by atoms with Gasteiger partial charge >= 0.3 is 5.97 Å². The summed E-state index contributed by atoms with van der Waals surface area (Å²) in [6.45, 7) is 0. The van der Waals surface area contributed by atoms with E-state index in [-0.39, 0.29) is 11.8 Å². The molecule has 0 saturated heterocycles. The van der Waals surface area contributed by atoms with Crippen LogP contribution in [-0.4, -0.2) is 19.3 Å². The van der Waals surface area contributed by atoms with Crippen LogP contribution in [0.15, 0.2) is 29.3 Å². The third-order valence-electron chi connectivity index (χ3n) is 2.99. The highest BCUT2D eigenvalue weighted by Crippen LogP contribution is 2.13. The summed E-state index contributed by atoms with van der Waals surface area (Å²) in [5, 5.41) is 0. The molecule has 0 fully saturated rings. The molecule has 0 atom stereocenters. The standard InChI is InChI=1S/C16H22FNO2/c1-20-16(19)11-6-4-2-3-5-7-12-18-15-10-8-9-14(17)13-15/h8-10,12-13H,2-7,11H2,1H3. The highest BCUT2D eigenvalue weighted by Gasteiger charge is 1.98. The Hall–Kier alpha value is -1.71. The number of hydrogen-bond acceptors (Lipinski definition) is 3. The fraction of sp³-hybridized carbons (Fsp3) is 0.500. The normalized spacial score (nSPS) is 10.9. The Morgan fingerprint density at radius 2 is 2.00 bits per heavy atom. The number of hydrogen-bond donors (Lipinski definition) is 0. The second-order valence-electron chi connectivity index (χ2n) is 4.67. The Kier molecular flexibility index (Phi) is 8.27. The first kappa shape index (κ1) is 16.3. The second-order valence-corrected chi connectivity index (χ2v) is 4.67. The first-order valence-electron chi connectivity index (χ1n) is 7.07. The van der Waals surface area contributed by atoms with E-state index in [0.29, 0.717) is 12.1 Å². The maximum atomic E-state index is 12.9. The van der Waals surface area contributed by atoms with Gasteiger partial charge in [0.1, 0.15) is 5.82 Å². The molecule has 1 rings (SSSR count). The minimum Gasteiger partial charge on any atom is -0.469 e. The van der Waals surface area contributed by atoms with E-state index < -0.39 is 0 Å². The molecule has 0 amide bonds. The molecule has 0 unspecified atom stereocenters. The van der Waals surface area contributed by atoms with E-state index in [1.54, 1.807) is 12.1 Å². The summed E-state index contributed by atoms with van der Waals surface area (Å²) >= 11 is 0. The number of rotatable bonds is 9. The molecule has 4 heteroatoms. The minimum atomic E-state index is -0.259. The highest BCUT2D eigenvalue weighted by molar-refractivity contribution is 5.68. The van der Waals surface area contributed by atoms with E-state index in [2.05, 4.69) is 9.73 Å². The summed E-state index contributed by atoms with van der Waals surface area (Å²) < 4.78 is 17.5. The average molecular weight is 279 g/mol. The van der Waals surface area contributed by atoms with Crippen molar-refractivity contribution in [3.05, 3.63) is 30.1 Å². The van der Waals surface area contributed by atoms with Crippen LogP contribution in [0.2, 0.25) is 0 Å². The van der Waals surface area contributed by atoms with Gasteiger partial charge in [-0.3, -0.25) is 9.79 Å². The number of carbonyl (C=O) groups excluding carboxylic acids is 1. The second kappa shape index (κ2) is 10.1. The predicted molar refractivity (Wildman–Crippen MR) is 78.9 cm³/mol. The lowest BCUT2D eigenvalue weighted by Crippen LogP contribution is -1.99. The van der Waals surface area contributed by atoms with E-state index in [1.165, 1.54) is 19.2 Å². The van der Waals surface area contributed by atoms with E-state index in [0.717, 1.165) is 38.5 Å². The molecule has 0 spiro atoms. The van der Waals surface area contributed by atoms with Crippen molar-refractivity contribution in [2.45, 2.75) is 44.9 Å². The molecule has 20 heavy (non-hydrogen) atoms. The van der Waals surface area contributed by atoms with Gasteiger partial charge in [0.15, 0.2) is 0 Å². The summed E-state index contributed by atoms with van der Waals surface area (Å²) in [6.07, 6.45) is 8.49. The number of nitrogens with zero attached hydrogens (tertiary/aromatic N) is 1. The summed E-state index contributed by atoms with van der Waals surface area (Å²) in [7, 11) is 1.42. The van der Waals surface area contributed by atoms with Crippen molar-refractivity contribution in [2.75, 3.05) is 7.11 Å². The molecule has 0 saturated carbocycles. The van der Waals surface area contributed by atoms with Crippen molar-refractivity contribution < 1.29 is 13.9 Å². The van der Waals surface area contributed by atoms with E-state index in [9.17, 15) is 9.18 Å². The van der Waals surface area contributed by atoms with Crippen molar-refractivity contribution in [3.63, 3.8) is 0 Å². The maximum absolute atomic E-state index is 12.9. The van der Waals surface area contributed by atoms with Crippen LogP contribution in [0.25, 0.3) is 0 Å². The number of benzene rings is 1. The van der Waals surface area contributed by atoms with Gasteiger partial charge in [-0.05, 0) is 37.5 Å². The van der Waals surface area contributed by atoms with Gasteiger partial charge in [0.2, 0.25) is 0 Å². The first-order chi connectivity index (χ1) is 9.72. The zero-order valence-corrected chi connectivity index (χ0v) is 12.0. The Morgan fingerprint density at radius 3 is 2.75 bits per heavy atom. The number of esters is 1. The average Bonchev–Trinajstić information content (AvgIpc) is 2.45. The molecule has 0 radical (unpaired) electrons. The van der Waals surface area contributed by atoms with Gasteiger partial charge in [0.25, 0.3) is 0 Å². The molecule has 1 aromatic carbocycles. The van der Waals surface area contributed by atoms with E-state index in [4.69, 9.17) is 0 Å². The smallest absolute Gasteiger partial charge is 0.305 e. The van der Waals surface area contributed by atoms with Gasteiger partial charge in [-0.15, -0.1) is 0 Å². The van der Waals surface area contributed by atoms with Gasteiger partial charge in [0, 0.05) is 12.6 Å². The van der Waals surface area contributed by atoms with E-state index in [1.807, 2.05) is 6.21 Å². The Balaban J connectivity index is 2.01. The fourth-order valence-corrected chi connectivity index (χ4v) is 1.86. The van der Waals surface area contributed by atoms with Crippen molar-refractivity contribution in [1.29, 1.82) is 0 Å². The van der Waals surface area contributed by atoms with Crippen LogP contribution in [0, 0.1) is 5.82 Å². The molecule has 110 valence electrons. The molecule has 0 aliphatic carbocycles. The summed E-state index contributed by atoms with van der Waals surface area (Å²) in [4.78, 5) is 15.1. The van der Waals surface area contributed by atoms with Crippen molar-refractivity contribution >= 4 is 17.9 Å². The van der Waals surface area contributed by atoms with Crippen LogP contribution < -0.4 is 0 Å². The van der Waals surface area contributed by atoms with Gasteiger partial charge in [0.05, 0.1) is 12.8 Å². The quantitative estimate of drug-likeness (QED) is 0.381. The number of unbranched alkanes of at least 4 members (excludes halogenated alkanes) is 5. The lowest BCUT2D eigenvalue weighted by atomic mass is 10.1. The summed E-state index contributed by atoms with van der Waals surface area (Å²) in [6, 6.07) is 6.27. The van der Waals surface area contributed by atoms with Crippen LogP contribution in [-0.2, 0) is 9.53 Å². The maximum Gasteiger partial charge on any atom is 0.305 e. The van der Waals surface area contributed by atoms with Gasteiger partial charge < -0.3 is 4.74 Å². The SMILES string of the molecule is COC(=O)CCCCCCCC=Nc1cccc(F)c1. The van der Waals surface area contributed by atoms with Crippen LogP contribution >= 0.6 is 0 Å². The molecule has 0 aliphatic rings. The third kappa shape index (κ3) is 7.67. The summed E-state index contributed by atoms with van der Waals surface area (Å²) in [5.41, 5.74) is 0.656. The highest BCUT2D eigenvalue weighted by atomic mass is 19.1. The van der Waals surface area contributed by atoms with Gasteiger partial charge in [-0.2, -0.15) is 0 Å². The minimum absolute atomic E-state index is 0.132. The lowest BCUT2D eigenvalue weighted by Gasteiger charge is -2.00. The van der Waals surface area contributed by atoms with Gasteiger partial charge in [-0.25, -0.2) is 4.39 Å². The fourth-order valence-electron chi connectivity index (χ4n) is 1.86. The molecule has 0 heterocycles. The third-order valence-corrected chi connectivity index (χ3v) is 2.99. The Labute approximate surface area is 119 Å². The Morgan fingerprint density at radius 1 is 1.25 bits per heavy atom. The predicted octanol–water partition coefficient (Wildman–Crippen LogP) is 4.43. The number of aliphatic imine (C=N–C) groups is 1. The molecule has 0 aromatic heterocycles. The number of ether oxygens (including phenoxy) is 1. The Bertz CT molecular complexity index is 432. The number of carbonyl (C=O) groups is 1. The first-order valence-corrected chi connectivity index (χ1v) is 7.07. The molecule has 0 bridgehead atoms. The monoisotopic (exact) mass is 279 g/mol. The number of halogens is 1. The molecule has 0 aliphatic heterocycles. The van der Waals surface area contributed by atoms with E-state index >= 15 is 0 Å². The van der Waals surface area contributed by atoms with Crippen LogP contribution in [0.5, 0.6) is 0 Å². The molecular formula is C16H22FNO2. The molecule has 3 nitrogen and oxygen atoms in total. The van der Waals surface area contributed by atoms with Crippen LogP contribution in [0.4, 0.5) is 10.1 Å². The summed E-state index contributed by atoms with van der Waals surface area (Å²) in [5.74, 6) is -0.391. The van der Waals surface area contributed by atoms with Crippen molar-refractivity contribution in [3.8, 4) is 0 Å². The molecule has 1 aromatic rings. The van der Waals surface area contributed by atoms with Crippen molar-refractivity contribution in [2.24, 2.45) is 4.99 Å². The molecular weight excluding hydrogens is 257 g/mol. The van der Waals surface area contributed by atoms with Gasteiger partial charge in [-0.1, -0.05) is 25.3 Å².